The number of ether oxygens (including phenoxy) is 1. The minimum atomic E-state index is -4.48. The second-order valence-corrected chi connectivity index (χ2v) is 5.01. The zero-order chi connectivity index (χ0) is 18.4. The molecule has 9 heteroatoms. The molecule has 0 fully saturated rings. The van der Waals surface area contributed by atoms with Crippen LogP contribution in [0.1, 0.15) is 22.0 Å². The highest BCUT2D eigenvalue weighted by Gasteiger charge is 2.28. The molecule has 0 saturated heterocycles. The largest absolute Gasteiger partial charge is 0.468 e. The van der Waals surface area contributed by atoms with Crippen LogP contribution in [0, 0.1) is 0 Å². The molecule has 0 saturated carbocycles. The highest BCUT2D eigenvalue weighted by Crippen LogP contribution is 2.17. The number of amides is 2. The first kappa shape index (κ1) is 18.2. The quantitative estimate of drug-likeness (QED) is 0.830. The van der Waals surface area contributed by atoms with Crippen LogP contribution in [-0.2, 0) is 4.79 Å². The van der Waals surface area contributed by atoms with Crippen molar-refractivity contribution in [3.63, 3.8) is 0 Å². The molecule has 0 aliphatic carbocycles. The monoisotopic (exact) mass is 353 g/mol. The van der Waals surface area contributed by atoms with Gasteiger partial charge in [-0.1, -0.05) is 30.3 Å². The molecule has 3 N–H and O–H groups in total. The molecule has 1 heterocycles. The molecule has 6 nitrogen and oxygen atoms in total. The van der Waals surface area contributed by atoms with Gasteiger partial charge in [0.05, 0.1) is 5.56 Å². The number of benzene rings is 1. The van der Waals surface area contributed by atoms with Gasteiger partial charge in [-0.15, -0.1) is 0 Å². The maximum atomic E-state index is 12.2. The Hall–Kier alpha value is -3.10. The van der Waals surface area contributed by atoms with E-state index in [0.29, 0.717) is 5.56 Å². The van der Waals surface area contributed by atoms with Crippen molar-refractivity contribution in [3.8, 4) is 5.88 Å². The summed E-state index contributed by atoms with van der Waals surface area (Å²) in [6.07, 6.45) is -3.44. The summed E-state index contributed by atoms with van der Waals surface area (Å²) >= 11 is 0. The van der Waals surface area contributed by atoms with Crippen molar-refractivity contribution in [2.75, 3.05) is 6.61 Å². The second kappa shape index (κ2) is 7.65. The number of carbonyl (C=O) groups excluding carboxylic acids is 2. The van der Waals surface area contributed by atoms with Gasteiger partial charge in [0, 0.05) is 12.3 Å². The number of nitrogens with one attached hydrogen (secondary N) is 1. The van der Waals surface area contributed by atoms with Crippen molar-refractivity contribution in [3.05, 3.63) is 59.8 Å². The van der Waals surface area contributed by atoms with Gasteiger partial charge in [0.2, 0.25) is 11.8 Å². The van der Waals surface area contributed by atoms with E-state index >= 15 is 0 Å². The first-order valence-corrected chi connectivity index (χ1v) is 7.07. The van der Waals surface area contributed by atoms with Gasteiger partial charge >= 0.3 is 6.18 Å². The maximum Gasteiger partial charge on any atom is 0.422 e. The minimum absolute atomic E-state index is 0.0431. The van der Waals surface area contributed by atoms with Gasteiger partial charge in [-0.3, -0.25) is 9.59 Å². The molecule has 2 rings (SSSR count). The van der Waals surface area contributed by atoms with E-state index in [2.05, 4.69) is 15.0 Å². The van der Waals surface area contributed by atoms with Crippen molar-refractivity contribution >= 4 is 11.8 Å². The maximum absolute atomic E-state index is 12.2. The molecule has 0 unspecified atom stereocenters. The highest BCUT2D eigenvalue weighted by atomic mass is 19.4. The van der Waals surface area contributed by atoms with Gasteiger partial charge in [0.1, 0.15) is 6.04 Å². The number of primary amides is 1. The standard InChI is InChI=1S/C16H14F3N3O3/c17-16(18,19)9-25-12-7-6-11(8-21-12)15(24)22-13(14(20)23)10-4-2-1-3-5-10/h1-8,13H,9H2,(H2,20,23)(H,22,24)/t13-/m0/s1. The molecule has 0 radical (unpaired) electrons. The number of hydrogen-bond acceptors (Lipinski definition) is 4. The summed E-state index contributed by atoms with van der Waals surface area (Å²) in [6, 6.07) is 9.68. The van der Waals surface area contributed by atoms with Gasteiger partial charge in [-0.2, -0.15) is 13.2 Å². The summed E-state index contributed by atoms with van der Waals surface area (Å²) in [5.74, 6) is -1.68. The number of carbonyl (C=O) groups is 2. The fourth-order valence-corrected chi connectivity index (χ4v) is 1.93. The topological polar surface area (TPSA) is 94.3 Å². The second-order valence-electron chi connectivity index (χ2n) is 5.01. The van der Waals surface area contributed by atoms with E-state index in [1.165, 1.54) is 6.07 Å². The summed E-state index contributed by atoms with van der Waals surface area (Å²) in [7, 11) is 0. The zero-order valence-corrected chi connectivity index (χ0v) is 12.8. The molecule has 132 valence electrons. The van der Waals surface area contributed by atoms with Gasteiger partial charge in [0.15, 0.2) is 6.61 Å². The Morgan fingerprint density at radius 2 is 1.84 bits per heavy atom. The summed E-state index contributed by atoms with van der Waals surface area (Å²) < 4.78 is 40.7. The van der Waals surface area contributed by atoms with Crippen LogP contribution in [0.15, 0.2) is 48.7 Å². The number of rotatable bonds is 6. The van der Waals surface area contributed by atoms with Gasteiger partial charge in [0.25, 0.3) is 5.91 Å². The van der Waals surface area contributed by atoms with Crippen molar-refractivity contribution in [1.29, 1.82) is 0 Å². The third kappa shape index (κ3) is 5.48. The molecule has 2 amide bonds. The predicted molar refractivity (Wildman–Crippen MR) is 81.6 cm³/mol. The molecular formula is C16H14F3N3O3. The lowest BCUT2D eigenvalue weighted by molar-refractivity contribution is -0.154. The molecule has 0 aliphatic rings. The van der Waals surface area contributed by atoms with E-state index in [-0.39, 0.29) is 11.4 Å². The van der Waals surface area contributed by atoms with E-state index in [1.807, 2.05) is 0 Å². The molecule has 1 aromatic heterocycles. The Labute approximate surface area is 140 Å². The van der Waals surface area contributed by atoms with Crippen molar-refractivity contribution in [1.82, 2.24) is 10.3 Å². The first-order chi connectivity index (χ1) is 11.8. The lowest BCUT2D eigenvalue weighted by atomic mass is 10.1. The summed E-state index contributed by atoms with van der Waals surface area (Å²) in [5.41, 5.74) is 5.85. The Morgan fingerprint density at radius 1 is 1.16 bits per heavy atom. The Kier molecular flexibility index (Phi) is 5.58. The Morgan fingerprint density at radius 3 is 2.36 bits per heavy atom. The number of aromatic nitrogens is 1. The van der Waals surface area contributed by atoms with E-state index in [1.54, 1.807) is 30.3 Å². The fourth-order valence-electron chi connectivity index (χ4n) is 1.93. The fraction of sp³-hybridized carbons (Fsp3) is 0.188. The molecule has 0 spiro atoms. The van der Waals surface area contributed by atoms with Crippen molar-refractivity contribution in [2.24, 2.45) is 5.73 Å². The van der Waals surface area contributed by atoms with Crippen LogP contribution in [-0.4, -0.2) is 29.6 Å². The lowest BCUT2D eigenvalue weighted by Gasteiger charge is -2.16. The van der Waals surface area contributed by atoms with Crippen LogP contribution in [0.4, 0.5) is 13.2 Å². The minimum Gasteiger partial charge on any atom is -0.468 e. The molecular weight excluding hydrogens is 339 g/mol. The Bertz CT molecular complexity index is 734. The average molecular weight is 353 g/mol. The van der Waals surface area contributed by atoms with Gasteiger partial charge in [-0.25, -0.2) is 4.98 Å². The van der Waals surface area contributed by atoms with E-state index in [4.69, 9.17) is 5.73 Å². The molecule has 25 heavy (non-hydrogen) atoms. The number of nitrogens with two attached hydrogens (primary N) is 1. The predicted octanol–water partition coefficient (Wildman–Crippen LogP) is 1.98. The van der Waals surface area contributed by atoms with Crippen LogP contribution < -0.4 is 15.8 Å². The normalized spacial score (nSPS) is 12.3. The highest BCUT2D eigenvalue weighted by molar-refractivity contribution is 5.97. The smallest absolute Gasteiger partial charge is 0.422 e. The van der Waals surface area contributed by atoms with Gasteiger partial charge < -0.3 is 15.8 Å². The Balaban J connectivity index is 2.05. The average Bonchev–Trinajstić information content (AvgIpc) is 2.58. The number of nitrogens with zero attached hydrogens (tertiary/aromatic N) is 1. The molecule has 1 aromatic carbocycles. The third-order valence-corrected chi connectivity index (χ3v) is 3.08. The lowest BCUT2D eigenvalue weighted by Crippen LogP contribution is -2.37. The molecule has 0 bridgehead atoms. The number of pyridine rings is 1. The van der Waals surface area contributed by atoms with Crippen LogP contribution in [0.3, 0.4) is 0 Å². The summed E-state index contributed by atoms with van der Waals surface area (Å²) in [4.78, 5) is 27.4. The van der Waals surface area contributed by atoms with Crippen molar-refractivity contribution < 1.29 is 27.5 Å². The van der Waals surface area contributed by atoms with E-state index in [0.717, 1.165) is 12.3 Å². The van der Waals surface area contributed by atoms with Crippen LogP contribution >= 0.6 is 0 Å². The van der Waals surface area contributed by atoms with Crippen LogP contribution in [0.5, 0.6) is 5.88 Å². The zero-order valence-electron chi connectivity index (χ0n) is 12.8. The van der Waals surface area contributed by atoms with Crippen LogP contribution in [0.25, 0.3) is 0 Å². The van der Waals surface area contributed by atoms with Crippen molar-refractivity contribution in [2.45, 2.75) is 12.2 Å². The number of halogens is 3. The summed E-state index contributed by atoms with van der Waals surface area (Å²) in [6.45, 7) is -1.48. The number of alkyl halides is 3. The van der Waals surface area contributed by atoms with Crippen LogP contribution in [0.2, 0.25) is 0 Å². The molecule has 0 aliphatic heterocycles. The van der Waals surface area contributed by atoms with E-state index in [9.17, 15) is 22.8 Å². The summed E-state index contributed by atoms with van der Waals surface area (Å²) in [5, 5.41) is 2.45. The third-order valence-electron chi connectivity index (χ3n) is 3.08. The number of hydrogen-bond donors (Lipinski definition) is 2. The van der Waals surface area contributed by atoms with Gasteiger partial charge in [-0.05, 0) is 11.6 Å². The SMILES string of the molecule is NC(=O)[C@@H](NC(=O)c1ccc(OCC(F)(F)F)nc1)c1ccccc1. The molecule has 2 aromatic rings. The molecule has 1 atom stereocenters. The first-order valence-electron chi connectivity index (χ1n) is 7.07. The van der Waals surface area contributed by atoms with E-state index < -0.39 is 30.6 Å².